The number of rotatable bonds is 5. The number of hydrogen-bond acceptors (Lipinski definition) is 3. The summed E-state index contributed by atoms with van der Waals surface area (Å²) in [5.74, 6) is 0.0386. The van der Waals surface area contributed by atoms with Gasteiger partial charge in [-0.25, -0.2) is 0 Å². The molecule has 1 heterocycles. The van der Waals surface area contributed by atoms with Crippen LogP contribution in [0.15, 0.2) is 47.5 Å². The maximum absolute atomic E-state index is 12.8. The van der Waals surface area contributed by atoms with Gasteiger partial charge in [0.2, 0.25) is 5.96 Å². The van der Waals surface area contributed by atoms with Crippen LogP contribution in [0.1, 0.15) is 32.9 Å². The van der Waals surface area contributed by atoms with E-state index < -0.39 is 0 Å². The zero-order valence-electron chi connectivity index (χ0n) is 18.0. The molecule has 0 bridgehead atoms. The van der Waals surface area contributed by atoms with Crippen LogP contribution in [0.25, 0.3) is 0 Å². The van der Waals surface area contributed by atoms with Gasteiger partial charge in [-0.2, -0.15) is 5.10 Å². The van der Waals surface area contributed by atoms with Crippen LogP contribution >= 0.6 is 23.2 Å². The van der Waals surface area contributed by atoms with Gasteiger partial charge in [0, 0.05) is 40.6 Å². The van der Waals surface area contributed by atoms with Crippen LogP contribution in [0.5, 0.6) is 0 Å². The quantitative estimate of drug-likeness (QED) is 0.413. The van der Waals surface area contributed by atoms with Crippen LogP contribution in [-0.2, 0) is 13.5 Å². The van der Waals surface area contributed by atoms with Gasteiger partial charge >= 0.3 is 0 Å². The van der Waals surface area contributed by atoms with E-state index in [9.17, 15) is 4.79 Å². The third-order valence-electron chi connectivity index (χ3n) is 5.06. The van der Waals surface area contributed by atoms with Crippen molar-refractivity contribution < 1.29 is 4.79 Å². The molecule has 0 aliphatic rings. The number of nitrogens with one attached hydrogen (secondary N) is 2. The molecule has 6 nitrogen and oxygen atoms in total. The van der Waals surface area contributed by atoms with Gasteiger partial charge in [-0.1, -0.05) is 35.3 Å². The van der Waals surface area contributed by atoms with Gasteiger partial charge in [0.1, 0.15) is 0 Å². The van der Waals surface area contributed by atoms with Crippen LogP contribution in [0.4, 0.5) is 5.69 Å². The Morgan fingerprint density at radius 2 is 1.84 bits per heavy atom. The first-order valence-corrected chi connectivity index (χ1v) is 10.6. The normalized spacial score (nSPS) is 11.5. The van der Waals surface area contributed by atoms with Gasteiger partial charge in [-0.05, 0) is 68.7 Å². The molecule has 3 aromatic rings. The van der Waals surface area contributed by atoms with Crippen LogP contribution < -0.4 is 10.6 Å². The Balaban J connectivity index is 1.83. The van der Waals surface area contributed by atoms with Crippen molar-refractivity contribution >= 4 is 40.8 Å². The molecule has 162 valence electrons. The molecule has 0 saturated carbocycles. The summed E-state index contributed by atoms with van der Waals surface area (Å²) >= 11 is 12.2. The molecule has 8 heteroatoms. The Morgan fingerprint density at radius 3 is 2.52 bits per heavy atom. The first-order chi connectivity index (χ1) is 14.7. The fourth-order valence-corrected chi connectivity index (χ4v) is 3.60. The number of anilines is 1. The lowest BCUT2D eigenvalue weighted by molar-refractivity contribution is 0.0977. The van der Waals surface area contributed by atoms with Crippen molar-refractivity contribution in [2.45, 2.75) is 27.2 Å². The molecular weight excluding hydrogens is 433 g/mol. The maximum Gasteiger partial charge on any atom is 0.258 e. The van der Waals surface area contributed by atoms with Crippen LogP contribution in [0.2, 0.25) is 10.0 Å². The lowest BCUT2D eigenvalue weighted by Crippen LogP contribution is -2.36. The fourth-order valence-electron chi connectivity index (χ4n) is 3.23. The Morgan fingerprint density at radius 1 is 1.10 bits per heavy atom. The average Bonchev–Trinajstić information content (AvgIpc) is 2.96. The summed E-state index contributed by atoms with van der Waals surface area (Å²) in [6.07, 6.45) is 0.707. The van der Waals surface area contributed by atoms with Gasteiger partial charge in [0.25, 0.3) is 5.91 Å². The van der Waals surface area contributed by atoms with Gasteiger partial charge in [-0.3, -0.25) is 19.8 Å². The van der Waals surface area contributed by atoms with Crippen molar-refractivity contribution in [3.63, 3.8) is 0 Å². The summed E-state index contributed by atoms with van der Waals surface area (Å²) < 4.78 is 1.86. The second kappa shape index (κ2) is 9.98. The Bertz CT molecular complexity index is 1140. The van der Waals surface area contributed by atoms with Gasteiger partial charge in [-0.15, -0.1) is 0 Å². The molecular formula is C23H25Cl2N5O. The SMILES string of the molecule is Cc1ccc(Cl)cc1NC(=NCCc1c(C)nn(C)c1C)NC(=O)c1cccc(Cl)c1. The van der Waals surface area contributed by atoms with E-state index in [1.165, 1.54) is 0 Å². The molecule has 1 aromatic heterocycles. The molecule has 0 spiro atoms. The smallest absolute Gasteiger partial charge is 0.258 e. The van der Waals surface area contributed by atoms with Gasteiger partial charge in [0.15, 0.2) is 0 Å². The highest BCUT2D eigenvalue weighted by Gasteiger charge is 2.12. The third-order valence-corrected chi connectivity index (χ3v) is 5.53. The summed E-state index contributed by atoms with van der Waals surface area (Å²) in [5, 5.41) is 11.6. The molecule has 3 rings (SSSR count). The third kappa shape index (κ3) is 5.87. The molecule has 1 amide bonds. The van der Waals surface area contributed by atoms with E-state index in [4.69, 9.17) is 23.2 Å². The first-order valence-electron chi connectivity index (χ1n) is 9.88. The highest BCUT2D eigenvalue weighted by molar-refractivity contribution is 6.31. The van der Waals surface area contributed by atoms with Crippen molar-refractivity contribution in [2.24, 2.45) is 12.0 Å². The molecule has 0 atom stereocenters. The van der Waals surface area contributed by atoms with Crippen molar-refractivity contribution in [1.82, 2.24) is 15.1 Å². The lowest BCUT2D eigenvalue weighted by atomic mass is 10.1. The monoisotopic (exact) mass is 457 g/mol. The Hall–Kier alpha value is -2.83. The van der Waals surface area contributed by atoms with Crippen molar-refractivity contribution in [1.29, 1.82) is 0 Å². The van der Waals surface area contributed by atoms with E-state index in [2.05, 4.69) is 20.7 Å². The van der Waals surface area contributed by atoms with Crippen molar-refractivity contribution in [2.75, 3.05) is 11.9 Å². The minimum Gasteiger partial charge on any atom is -0.326 e. The average molecular weight is 458 g/mol. The molecule has 0 radical (unpaired) electrons. The highest BCUT2D eigenvalue weighted by Crippen LogP contribution is 2.20. The summed E-state index contributed by atoms with van der Waals surface area (Å²) in [4.78, 5) is 17.4. The number of guanidine groups is 1. The molecule has 0 saturated heterocycles. The molecule has 0 fully saturated rings. The number of aromatic nitrogens is 2. The fraction of sp³-hybridized carbons (Fsp3) is 0.261. The number of hydrogen-bond donors (Lipinski definition) is 2. The molecule has 2 aromatic carbocycles. The van der Waals surface area contributed by atoms with E-state index in [1.54, 1.807) is 30.3 Å². The zero-order valence-corrected chi connectivity index (χ0v) is 19.5. The summed E-state index contributed by atoms with van der Waals surface area (Å²) in [5.41, 5.74) is 5.45. The van der Waals surface area contributed by atoms with E-state index in [0.717, 1.165) is 28.2 Å². The van der Waals surface area contributed by atoms with E-state index in [-0.39, 0.29) is 5.91 Å². The van der Waals surface area contributed by atoms with E-state index in [0.29, 0.717) is 34.5 Å². The van der Waals surface area contributed by atoms with Gasteiger partial charge < -0.3 is 5.32 Å². The molecule has 0 unspecified atom stereocenters. The Labute approximate surface area is 192 Å². The second-order valence-corrected chi connectivity index (χ2v) is 8.17. The lowest BCUT2D eigenvalue weighted by Gasteiger charge is -2.14. The largest absolute Gasteiger partial charge is 0.326 e. The van der Waals surface area contributed by atoms with E-state index in [1.807, 2.05) is 44.6 Å². The number of benzene rings is 2. The Kier molecular flexibility index (Phi) is 7.36. The van der Waals surface area contributed by atoms with Crippen molar-refractivity contribution in [3.8, 4) is 0 Å². The number of aliphatic imine (C=N–C) groups is 1. The molecule has 2 N–H and O–H groups in total. The topological polar surface area (TPSA) is 71.3 Å². The molecule has 0 aliphatic carbocycles. The maximum atomic E-state index is 12.8. The molecule has 0 aliphatic heterocycles. The number of aryl methyl sites for hydroxylation is 3. The summed E-state index contributed by atoms with van der Waals surface area (Å²) in [6.45, 7) is 6.46. The predicted octanol–water partition coefficient (Wildman–Crippen LogP) is 5.09. The molecule has 31 heavy (non-hydrogen) atoms. The number of carbonyl (C=O) groups excluding carboxylic acids is 1. The minimum absolute atomic E-state index is 0.304. The first kappa shape index (κ1) is 22.8. The van der Waals surface area contributed by atoms with Crippen LogP contribution in [-0.4, -0.2) is 28.2 Å². The number of amides is 1. The standard InChI is InChI=1S/C23H25Cl2N5O/c1-14-8-9-19(25)13-21(14)27-23(28-22(31)17-6-5-7-18(24)12-17)26-11-10-20-15(2)29-30(4)16(20)3/h5-9,12-13H,10-11H2,1-4H3,(H2,26,27,28,31). The highest BCUT2D eigenvalue weighted by atomic mass is 35.5. The summed E-state index contributed by atoms with van der Waals surface area (Å²) in [7, 11) is 1.93. The minimum atomic E-state index is -0.304. The second-order valence-electron chi connectivity index (χ2n) is 7.30. The number of halogens is 2. The van der Waals surface area contributed by atoms with Gasteiger partial charge in [0.05, 0.1) is 5.69 Å². The summed E-state index contributed by atoms with van der Waals surface area (Å²) in [6, 6.07) is 12.3. The zero-order chi connectivity index (χ0) is 22.5. The van der Waals surface area contributed by atoms with Crippen LogP contribution in [0, 0.1) is 20.8 Å². The van der Waals surface area contributed by atoms with E-state index >= 15 is 0 Å². The predicted molar refractivity (Wildman–Crippen MR) is 127 cm³/mol. The van der Waals surface area contributed by atoms with Crippen LogP contribution in [0.3, 0.4) is 0 Å². The number of nitrogens with zero attached hydrogens (tertiary/aromatic N) is 3. The number of carbonyl (C=O) groups is 1. The van der Waals surface area contributed by atoms with Crippen molar-refractivity contribution in [3.05, 3.63) is 80.6 Å².